The summed E-state index contributed by atoms with van der Waals surface area (Å²) in [7, 11) is 1.55. The molecular weight excluding hydrogens is 282 g/mol. The fraction of sp³-hybridized carbons (Fsp3) is 0.231. The molecule has 2 N–H and O–H groups in total. The van der Waals surface area contributed by atoms with Gasteiger partial charge in [0, 0.05) is 11.1 Å². The number of benzene rings is 1. The molecular formula is C13H14ClN3O3. The molecule has 0 fully saturated rings. The number of ether oxygens (including phenoxy) is 1. The molecule has 2 rings (SSSR count). The van der Waals surface area contributed by atoms with Crippen LogP contribution in [0.4, 0.5) is 11.5 Å². The summed E-state index contributed by atoms with van der Waals surface area (Å²) in [6, 6.07) is 6.76. The van der Waals surface area contributed by atoms with Crippen LogP contribution in [0.15, 0.2) is 28.8 Å². The number of carbonyl (C=O) groups is 1. The molecule has 0 radical (unpaired) electrons. The van der Waals surface area contributed by atoms with E-state index in [4.69, 9.17) is 20.9 Å². The van der Waals surface area contributed by atoms with Crippen LogP contribution in [-0.4, -0.2) is 24.7 Å². The van der Waals surface area contributed by atoms with Gasteiger partial charge in [0.15, 0.2) is 5.82 Å². The summed E-state index contributed by atoms with van der Waals surface area (Å²) < 4.78 is 10.0. The van der Waals surface area contributed by atoms with Crippen molar-refractivity contribution < 1.29 is 14.1 Å². The number of carbonyl (C=O) groups excluding carboxylic acids is 1. The fourth-order valence-corrected chi connectivity index (χ4v) is 1.78. The number of aromatic nitrogens is 1. The number of nitrogens with zero attached hydrogens (tertiary/aromatic N) is 1. The van der Waals surface area contributed by atoms with Crippen molar-refractivity contribution in [1.82, 2.24) is 5.16 Å². The first-order valence-electron chi connectivity index (χ1n) is 5.89. The second kappa shape index (κ2) is 6.29. The van der Waals surface area contributed by atoms with E-state index in [0.29, 0.717) is 28.0 Å². The molecule has 0 bridgehead atoms. The zero-order valence-corrected chi connectivity index (χ0v) is 11.8. The molecule has 0 saturated heterocycles. The van der Waals surface area contributed by atoms with E-state index in [2.05, 4.69) is 15.8 Å². The second-order valence-electron chi connectivity index (χ2n) is 4.07. The average Bonchev–Trinajstić information content (AvgIpc) is 2.82. The number of aryl methyl sites for hydroxylation is 1. The molecule has 7 heteroatoms. The highest BCUT2D eigenvalue weighted by Gasteiger charge is 2.08. The van der Waals surface area contributed by atoms with Crippen LogP contribution in [0.5, 0.6) is 5.75 Å². The Kier molecular flexibility index (Phi) is 4.47. The zero-order chi connectivity index (χ0) is 14.5. The van der Waals surface area contributed by atoms with E-state index < -0.39 is 0 Å². The first-order chi connectivity index (χ1) is 9.58. The lowest BCUT2D eigenvalue weighted by Gasteiger charge is -2.10. The maximum absolute atomic E-state index is 11.8. The molecule has 1 aromatic carbocycles. The minimum atomic E-state index is -0.250. The van der Waals surface area contributed by atoms with Gasteiger partial charge in [-0.3, -0.25) is 4.79 Å². The Balaban J connectivity index is 1.94. The van der Waals surface area contributed by atoms with Crippen LogP contribution in [0.3, 0.4) is 0 Å². The lowest BCUT2D eigenvalue weighted by Crippen LogP contribution is -2.22. The number of hydrogen-bond acceptors (Lipinski definition) is 5. The van der Waals surface area contributed by atoms with Crippen LogP contribution in [0.25, 0.3) is 0 Å². The van der Waals surface area contributed by atoms with Crippen LogP contribution < -0.4 is 15.4 Å². The minimum Gasteiger partial charge on any atom is -0.495 e. The largest absolute Gasteiger partial charge is 0.495 e. The molecule has 0 aliphatic heterocycles. The Morgan fingerprint density at radius 2 is 2.25 bits per heavy atom. The Morgan fingerprint density at radius 1 is 1.45 bits per heavy atom. The first-order valence-corrected chi connectivity index (χ1v) is 6.27. The topological polar surface area (TPSA) is 76.4 Å². The van der Waals surface area contributed by atoms with Crippen LogP contribution in [0, 0.1) is 6.92 Å². The molecule has 2 aromatic rings. The number of rotatable bonds is 5. The molecule has 0 aliphatic carbocycles. The van der Waals surface area contributed by atoms with Gasteiger partial charge < -0.3 is 19.9 Å². The molecule has 0 aliphatic rings. The normalized spacial score (nSPS) is 10.2. The number of hydrogen-bond donors (Lipinski definition) is 2. The minimum absolute atomic E-state index is 0.0581. The predicted molar refractivity (Wildman–Crippen MR) is 76.4 cm³/mol. The van der Waals surface area contributed by atoms with E-state index in [0.717, 1.165) is 0 Å². The van der Waals surface area contributed by atoms with Gasteiger partial charge in [0.05, 0.1) is 19.3 Å². The number of halogens is 1. The number of anilines is 2. The predicted octanol–water partition coefficient (Wildman–Crippen LogP) is 2.70. The van der Waals surface area contributed by atoms with E-state index in [1.807, 2.05) is 0 Å². The van der Waals surface area contributed by atoms with Gasteiger partial charge in [-0.25, -0.2) is 0 Å². The van der Waals surface area contributed by atoms with E-state index in [1.165, 1.54) is 0 Å². The van der Waals surface area contributed by atoms with Gasteiger partial charge >= 0.3 is 0 Å². The summed E-state index contributed by atoms with van der Waals surface area (Å²) in [5.41, 5.74) is 0.645. The molecule has 0 atom stereocenters. The van der Waals surface area contributed by atoms with Crippen LogP contribution in [-0.2, 0) is 4.79 Å². The van der Waals surface area contributed by atoms with E-state index in [1.54, 1.807) is 38.3 Å². The summed E-state index contributed by atoms with van der Waals surface area (Å²) in [5, 5.41) is 9.79. The van der Waals surface area contributed by atoms with Crippen molar-refractivity contribution in [2.75, 3.05) is 24.3 Å². The standard InChI is InChI=1S/C13H14ClN3O3/c1-8-5-12(17-20-8)16-13(18)7-15-10-6-9(14)3-4-11(10)19-2/h3-6,15H,7H2,1-2H3,(H,16,17,18). The second-order valence-corrected chi connectivity index (χ2v) is 4.51. The highest BCUT2D eigenvalue weighted by Crippen LogP contribution is 2.27. The third kappa shape index (κ3) is 3.64. The lowest BCUT2D eigenvalue weighted by atomic mass is 10.3. The van der Waals surface area contributed by atoms with E-state index in [-0.39, 0.29) is 12.5 Å². The molecule has 0 unspecified atom stereocenters. The van der Waals surface area contributed by atoms with Gasteiger partial charge in [0.25, 0.3) is 0 Å². The van der Waals surface area contributed by atoms with Gasteiger partial charge in [0.2, 0.25) is 5.91 Å². The molecule has 0 saturated carbocycles. The van der Waals surface area contributed by atoms with Gasteiger partial charge in [-0.15, -0.1) is 0 Å². The Hall–Kier alpha value is -2.21. The zero-order valence-electron chi connectivity index (χ0n) is 11.1. The molecule has 1 aromatic heterocycles. The molecule has 1 heterocycles. The Labute approximate surface area is 121 Å². The lowest BCUT2D eigenvalue weighted by molar-refractivity contribution is -0.114. The van der Waals surface area contributed by atoms with Crippen molar-refractivity contribution in [2.45, 2.75) is 6.92 Å². The maximum atomic E-state index is 11.8. The number of amides is 1. The van der Waals surface area contributed by atoms with Crippen molar-refractivity contribution >= 4 is 29.0 Å². The van der Waals surface area contributed by atoms with Gasteiger partial charge in [-0.05, 0) is 25.1 Å². The summed E-state index contributed by atoms with van der Waals surface area (Å²) in [6.07, 6.45) is 0. The smallest absolute Gasteiger partial charge is 0.244 e. The summed E-state index contributed by atoms with van der Waals surface area (Å²) in [5.74, 6) is 1.37. The van der Waals surface area contributed by atoms with Crippen LogP contribution in [0.2, 0.25) is 5.02 Å². The third-order valence-electron chi connectivity index (χ3n) is 2.50. The monoisotopic (exact) mass is 295 g/mol. The molecule has 6 nitrogen and oxygen atoms in total. The Morgan fingerprint density at radius 3 is 2.90 bits per heavy atom. The molecule has 1 amide bonds. The van der Waals surface area contributed by atoms with Crippen LogP contribution in [0.1, 0.15) is 5.76 Å². The van der Waals surface area contributed by atoms with E-state index in [9.17, 15) is 4.79 Å². The van der Waals surface area contributed by atoms with Gasteiger partial charge in [-0.1, -0.05) is 16.8 Å². The third-order valence-corrected chi connectivity index (χ3v) is 2.73. The number of nitrogens with one attached hydrogen (secondary N) is 2. The number of methoxy groups -OCH3 is 1. The van der Waals surface area contributed by atoms with Crippen molar-refractivity contribution in [3.63, 3.8) is 0 Å². The first kappa shape index (κ1) is 14.2. The SMILES string of the molecule is COc1ccc(Cl)cc1NCC(=O)Nc1cc(C)on1. The van der Waals surface area contributed by atoms with Gasteiger partial charge in [0.1, 0.15) is 11.5 Å². The quantitative estimate of drug-likeness (QED) is 0.887. The molecule has 0 spiro atoms. The van der Waals surface area contributed by atoms with Crippen molar-refractivity contribution in [2.24, 2.45) is 0 Å². The fourth-order valence-electron chi connectivity index (χ4n) is 1.61. The van der Waals surface area contributed by atoms with Crippen molar-refractivity contribution in [1.29, 1.82) is 0 Å². The summed E-state index contributed by atoms with van der Waals surface area (Å²) >= 11 is 5.90. The molecule has 20 heavy (non-hydrogen) atoms. The summed E-state index contributed by atoms with van der Waals surface area (Å²) in [6.45, 7) is 1.81. The highest BCUT2D eigenvalue weighted by molar-refractivity contribution is 6.30. The maximum Gasteiger partial charge on any atom is 0.244 e. The van der Waals surface area contributed by atoms with Crippen molar-refractivity contribution in [3.8, 4) is 5.75 Å². The van der Waals surface area contributed by atoms with E-state index >= 15 is 0 Å². The Bertz CT molecular complexity index is 613. The van der Waals surface area contributed by atoms with Gasteiger partial charge in [-0.2, -0.15) is 0 Å². The van der Waals surface area contributed by atoms with Crippen molar-refractivity contribution in [3.05, 3.63) is 35.0 Å². The molecule has 106 valence electrons. The highest BCUT2D eigenvalue weighted by atomic mass is 35.5. The van der Waals surface area contributed by atoms with Crippen LogP contribution >= 0.6 is 11.6 Å². The summed E-state index contributed by atoms with van der Waals surface area (Å²) in [4.78, 5) is 11.8. The average molecular weight is 296 g/mol.